The molecule has 0 aromatic heterocycles. The fraction of sp³-hybridized carbons (Fsp3) is 0.250. The van der Waals surface area contributed by atoms with Crippen LogP contribution in [0.1, 0.15) is 18.5 Å². The summed E-state index contributed by atoms with van der Waals surface area (Å²) in [6, 6.07) is 16.0. The van der Waals surface area contributed by atoms with Crippen molar-refractivity contribution in [2.24, 2.45) is 0 Å². The van der Waals surface area contributed by atoms with Crippen molar-refractivity contribution in [3.05, 3.63) is 65.2 Å². The van der Waals surface area contributed by atoms with Gasteiger partial charge in [0.2, 0.25) is 5.91 Å². The summed E-state index contributed by atoms with van der Waals surface area (Å²) in [6.45, 7) is 1.50. The Morgan fingerprint density at radius 2 is 1.68 bits per heavy atom. The van der Waals surface area contributed by atoms with Crippen molar-refractivity contribution in [2.45, 2.75) is 13.0 Å². The van der Waals surface area contributed by atoms with Crippen molar-refractivity contribution in [3.8, 4) is 0 Å². The maximum Gasteiger partial charge on any atom is 0.316 e. The largest absolute Gasteiger partial charge is 0.455 e. The molecule has 2 aromatic carbocycles. The molecule has 0 spiro atoms. The molecule has 0 aliphatic carbocycles. The fourth-order valence-electron chi connectivity index (χ4n) is 2.25. The van der Waals surface area contributed by atoms with Gasteiger partial charge in [-0.25, -0.2) is 0 Å². The Labute approximate surface area is 173 Å². The topological polar surface area (TPSA) is 84.5 Å². The molecule has 148 valence electrons. The molecule has 6 nitrogen and oxygen atoms in total. The van der Waals surface area contributed by atoms with Crippen LogP contribution in [0, 0.1) is 0 Å². The molecule has 0 saturated carbocycles. The lowest BCUT2D eigenvalue weighted by atomic mass is 10.1. The Morgan fingerprint density at radius 1 is 1.00 bits per heavy atom. The molecule has 2 aromatic rings. The van der Waals surface area contributed by atoms with Gasteiger partial charge in [0.1, 0.15) is 0 Å². The number of thioether (sulfide) groups is 1. The molecule has 0 radical (unpaired) electrons. The molecule has 1 atom stereocenters. The Kier molecular flexibility index (Phi) is 8.84. The van der Waals surface area contributed by atoms with Crippen molar-refractivity contribution in [3.63, 3.8) is 0 Å². The Hall–Kier alpha value is -2.51. The SMILES string of the molecule is C[C@H](NC(=O)COC(=O)CSCC(=O)Nc1ccc(Cl)cc1)c1ccccc1. The number of amides is 2. The number of rotatable bonds is 9. The van der Waals surface area contributed by atoms with Crippen LogP contribution in [-0.4, -0.2) is 35.9 Å². The van der Waals surface area contributed by atoms with Gasteiger partial charge in [-0.15, -0.1) is 11.8 Å². The lowest BCUT2D eigenvalue weighted by Crippen LogP contribution is -2.31. The van der Waals surface area contributed by atoms with Gasteiger partial charge in [0.05, 0.1) is 17.5 Å². The molecule has 0 bridgehead atoms. The average molecular weight is 421 g/mol. The van der Waals surface area contributed by atoms with E-state index in [1.807, 2.05) is 37.3 Å². The number of hydrogen-bond donors (Lipinski definition) is 2. The number of carbonyl (C=O) groups is 3. The highest BCUT2D eigenvalue weighted by Crippen LogP contribution is 2.14. The van der Waals surface area contributed by atoms with Crippen LogP contribution >= 0.6 is 23.4 Å². The van der Waals surface area contributed by atoms with Gasteiger partial charge in [-0.2, -0.15) is 0 Å². The summed E-state index contributed by atoms with van der Waals surface area (Å²) in [5.74, 6) is -1.10. The Morgan fingerprint density at radius 3 is 2.36 bits per heavy atom. The summed E-state index contributed by atoms with van der Waals surface area (Å²) in [5.41, 5.74) is 1.59. The number of hydrogen-bond acceptors (Lipinski definition) is 5. The van der Waals surface area contributed by atoms with Crippen molar-refractivity contribution >= 4 is 46.8 Å². The number of halogens is 1. The average Bonchev–Trinajstić information content (AvgIpc) is 2.69. The van der Waals surface area contributed by atoms with E-state index in [-0.39, 0.29) is 36.0 Å². The minimum absolute atomic E-state index is 0.0183. The molecule has 0 unspecified atom stereocenters. The van der Waals surface area contributed by atoms with E-state index in [9.17, 15) is 14.4 Å². The van der Waals surface area contributed by atoms with E-state index >= 15 is 0 Å². The summed E-state index contributed by atoms with van der Waals surface area (Å²) < 4.78 is 4.94. The Bertz CT molecular complexity index is 800. The highest BCUT2D eigenvalue weighted by Gasteiger charge is 2.12. The van der Waals surface area contributed by atoms with Crippen LogP contribution in [0.25, 0.3) is 0 Å². The number of carbonyl (C=O) groups excluding carboxylic acids is 3. The lowest BCUT2D eigenvalue weighted by Gasteiger charge is -2.14. The number of ether oxygens (including phenoxy) is 1. The quantitative estimate of drug-likeness (QED) is 0.607. The van der Waals surface area contributed by atoms with Crippen LogP contribution < -0.4 is 10.6 Å². The molecule has 0 fully saturated rings. The van der Waals surface area contributed by atoms with Gasteiger partial charge < -0.3 is 15.4 Å². The maximum absolute atomic E-state index is 11.9. The van der Waals surface area contributed by atoms with Crippen LogP contribution in [0.2, 0.25) is 5.02 Å². The molecule has 2 rings (SSSR count). The maximum atomic E-state index is 11.9. The van der Waals surface area contributed by atoms with E-state index in [1.54, 1.807) is 24.3 Å². The van der Waals surface area contributed by atoms with Crippen molar-refractivity contribution < 1.29 is 19.1 Å². The molecule has 0 heterocycles. The predicted molar refractivity (Wildman–Crippen MR) is 111 cm³/mol. The number of benzene rings is 2. The second-order valence-corrected chi connectivity index (χ2v) is 7.33. The van der Waals surface area contributed by atoms with Gasteiger partial charge in [0, 0.05) is 10.7 Å². The van der Waals surface area contributed by atoms with Gasteiger partial charge >= 0.3 is 5.97 Å². The number of nitrogens with one attached hydrogen (secondary N) is 2. The zero-order chi connectivity index (χ0) is 20.4. The highest BCUT2D eigenvalue weighted by atomic mass is 35.5. The summed E-state index contributed by atoms with van der Waals surface area (Å²) >= 11 is 6.89. The molecule has 2 amide bonds. The van der Waals surface area contributed by atoms with E-state index in [2.05, 4.69) is 10.6 Å². The van der Waals surface area contributed by atoms with E-state index in [0.717, 1.165) is 17.3 Å². The molecular weight excluding hydrogens is 400 g/mol. The number of anilines is 1. The van der Waals surface area contributed by atoms with Crippen LogP contribution in [0.3, 0.4) is 0 Å². The highest BCUT2D eigenvalue weighted by molar-refractivity contribution is 8.00. The van der Waals surface area contributed by atoms with Gasteiger partial charge in [-0.1, -0.05) is 41.9 Å². The number of esters is 1. The standard InChI is InChI=1S/C20H21ClN2O4S/c1-14(15-5-3-2-4-6-15)22-18(24)11-27-20(26)13-28-12-19(25)23-17-9-7-16(21)8-10-17/h2-10,14H,11-13H2,1H3,(H,22,24)(H,23,25)/t14-/m0/s1. The third-order valence-corrected chi connectivity index (χ3v) is 4.78. The fourth-order valence-corrected chi connectivity index (χ4v) is 2.99. The van der Waals surface area contributed by atoms with Crippen molar-refractivity contribution in [2.75, 3.05) is 23.4 Å². The van der Waals surface area contributed by atoms with E-state index < -0.39 is 5.97 Å². The predicted octanol–water partition coefficient (Wildman–Crippen LogP) is 3.43. The van der Waals surface area contributed by atoms with Crippen LogP contribution in [0.15, 0.2) is 54.6 Å². The first kappa shape index (κ1) is 21.8. The molecule has 28 heavy (non-hydrogen) atoms. The van der Waals surface area contributed by atoms with E-state index in [1.165, 1.54) is 0 Å². The third kappa shape index (κ3) is 8.02. The van der Waals surface area contributed by atoms with Gasteiger partial charge in [-0.3, -0.25) is 14.4 Å². The van der Waals surface area contributed by atoms with Gasteiger partial charge in [0.25, 0.3) is 5.91 Å². The summed E-state index contributed by atoms with van der Waals surface area (Å²) in [7, 11) is 0. The second kappa shape index (κ2) is 11.4. The van der Waals surface area contributed by atoms with E-state index in [0.29, 0.717) is 10.7 Å². The molecule has 2 N–H and O–H groups in total. The monoisotopic (exact) mass is 420 g/mol. The first-order valence-electron chi connectivity index (χ1n) is 8.57. The summed E-state index contributed by atoms with van der Waals surface area (Å²) in [5, 5.41) is 6.04. The molecule has 8 heteroatoms. The van der Waals surface area contributed by atoms with Crippen LogP contribution in [-0.2, 0) is 19.1 Å². The van der Waals surface area contributed by atoms with E-state index in [4.69, 9.17) is 16.3 Å². The third-order valence-electron chi connectivity index (χ3n) is 3.62. The Balaban J connectivity index is 1.61. The normalized spacial score (nSPS) is 11.4. The summed E-state index contributed by atoms with van der Waals surface area (Å²) in [6.07, 6.45) is 0. The van der Waals surface area contributed by atoms with Crippen molar-refractivity contribution in [1.29, 1.82) is 0 Å². The molecule has 0 aliphatic rings. The first-order chi connectivity index (χ1) is 13.4. The van der Waals surface area contributed by atoms with Gasteiger partial charge in [-0.05, 0) is 36.8 Å². The summed E-state index contributed by atoms with van der Waals surface area (Å²) in [4.78, 5) is 35.4. The molecule has 0 saturated heterocycles. The first-order valence-corrected chi connectivity index (χ1v) is 10.1. The second-order valence-electron chi connectivity index (χ2n) is 5.91. The zero-order valence-corrected chi connectivity index (χ0v) is 16.9. The van der Waals surface area contributed by atoms with Crippen molar-refractivity contribution in [1.82, 2.24) is 5.32 Å². The minimum Gasteiger partial charge on any atom is -0.455 e. The minimum atomic E-state index is -0.549. The van der Waals surface area contributed by atoms with Crippen LogP contribution in [0.5, 0.6) is 0 Å². The molecule has 0 aliphatic heterocycles. The zero-order valence-electron chi connectivity index (χ0n) is 15.3. The van der Waals surface area contributed by atoms with Gasteiger partial charge in [0.15, 0.2) is 6.61 Å². The van der Waals surface area contributed by atoms with Crippen LogP contribution in [0.4, 0.5) is 5.69 Å². The smallest absolute Gasteiger partial charge is 0.316 e. The lowest BCUT2D eigenvalue weighted by molar-refractivity contribution is -0.146. The molecular formula is C20H21ClN2O4S.